The van der Waals surface area contributed by atoms with E-state index in [4.69, 9.17) is 0 Å². The van der Waals surface area contributed by atoms with Crippen LogP contribution in [0, 0.1) is 16.7 Å². The van der Waals surface area contributed by atoms with Gasteiger partial charge < -0.3 is 4.57 Å². The number of ketones is 1. The van der Waals surface area contributed by atoms with E-state index in [0.29, 0.717) is 37.8 Å². The zero-order valence-electron chi connectivity index (χ0n) is 15.0. The molecule has 2 bridgehead atoms. The largest absolute Gasteiger partial charge is 0.333 e. The zero-order valence-corrected chi connectivity index (χ0v) is 15.8. The van der Waals surface area contributed by atoms with E-state index in [1.807, 2.05) is 10.8 Å². The molecular weight excluding hydrogens is 338 g/mol. The Bertz CT molecular complexity index is 794. The fourth-order valence-electron chi connectivity index (χ4n) is 5.02. The number of hydrogen-bond donors (Lipinski definition) is 1. The van der Waals surface area contributed by atoms with E-state index in [1.54, 1.807) is 6.20 Å². The van der Waals surface area contributed by atoms with Gasteiger partial charge in [-0.15, -0.1) is 0 Å². The number of hydrogen-bond acceptors (Lipinski definition) is 4. The lowest BCUT2D eigenvalue weighted by molar-refractivity contribution is -0.128. The topological polar surface area (TPSA) is 81.1 Å². The summed E-state index contributed by atoms with van der Waals surface area (Å²) in [5, 5.41) is 0. The Hall–Kier alpha value is -1.21. The lowest BCUT2D eigenvalue weighted by atomic mass is 9.70. The Kier molecular flexibility index (Phi) is 3.89. The van der Waals surface area contributed by atoms with E-state index in [9.17, 15) is 13.2 Å². The van der Waals surface area contributed by atoms with Crippen molar-refractivity contribution in [3.63, 3.8) is 0 Å². The second-order valence-corrected chi connectivity index (χ2v) is 10.4. The highest BCUT2D eigenvalue weighted by molar-refractivity contribution is 7.89. The fraction of sp³-hybridized carbons (Fsp3) is 0.778. The number of nitrogens with zero attached hydrogens (tertiary/aromatic N) is 2. The molecule has 2 unspecified atom stereocenters. The number of imidazole rings is 1. The molecule has 1 aromatic heterocycles. The van der Waals surface area contributed by atoms with Crippen LogP contribution >= 0.6 is 0 Å². The summed E-state index contributed by atoms with van der Waals surface area (Å²) in [7, 11) is -3.49. The van der Waals surface area contributed by atoms with Crippen molar-refractivity contribution in [1.82, 2.24) is 14.3 Å². The summed E-state index contributed by atoms with van der Waals surface area (Å²) in [6, 6.07) is 0. The van der Waals surface area contributed by atoms with Gasteiger partial charge in [-0.2, -0.15) is 0 Å². The van der Waals surface area contributed by atoms with Crippen LogP contribution in [0.15, 0.2) is 12.4 Å². The van der Waals surface area contributed by atoms with E-state index >= 15 is 0 Å². The summed E-state index contributed by atoms with van der Waals surface area (Å²) in [5.74, 6) is 2.01. The molecule has 3 aliphatic rings. The summed E-state index contributed by atoms with van der Waals surface area (Å²) >= 11 is 0. The van der Waals surface area contributed by atoms with Gasteiger partial charge in [-0.1, -0.05) is 13.8 Å². The Labute approximate surface area is 149 Å². The lowest BCUT2D eigenvalue weighted by Crippen LogP contribution is -2.45. The summed E-state index contributed by atoms with van der Waals surface area (Å²) in [5.41, 5.74) is -0.917. The van der Waals surface area contributed by atoms with Crippen molar-refractivity contribution >= 4 is 15.8 Å². The molecule has 3 saturated carbocycles. The molecule has 4 rings (SSSR count). The van der Waals surface area contributed by atoms with Crippen molar-refractivity contribution in [1.29, 1.82) is 0 Å². The van der Waals surface area contributed by atoms with Crippen molar-refractivity contribution in [3.8, 4) is 0 Å². The van der Waals surface area contributed by atoms with Gasteiger partial charge in [-0.25, -0.2) is 18.1 Å². The average Bonchev–Trinajstić information content (AvgIpc) is 3.18. The summed E-state index contributed by atoms with van der Waals surface area (Å²) in [4.78, 5) is 16.9. The van der Waals surface area contributed by atoms with Crippen molar-refractivity contribution < 1.29 is 13.2 Å². The normalized spacial score (nSPS) is 31.0. The highest BCUT2D eigenvalue weighted by Gasteiger charge is 2.65. The van der Waals surface area contributed by atoms with E-state index in [1.165, 1.54) is 12.8 Å². The Morgan fingerprint density at radius 1 is 1.32 bits per heavy atom. The molecule has 25 heavy (non-hydrogen) atoms. The third-order valence-electron chi connectivity index (χ3n) is 6.94. The molecule has 1 aromatic rings. The molecule has 3 aliphatic carbocycles. The van der Waals surface area contributed by atoms with Crippen molar-refractivity contribution in [3.05, 3.63) is 18.2 Å². The molecule has 2 atom stereocenters. The van der Waals surface area contributed by atoms with Crippen LogP contribution in [-0.2, 0) is 21.4 Å². The van der Waals surface area contributed by atoms with Crippen LogP contribution in [0.4, 0.5) is 0 Å². The van der Waals surface area contributed by atoms with Gasteiger partial charge in [-0.05, 0) is 37.0 Å². The van der Waals surface area contributed by atoms with Gasteiger partial charge in [0, 0.05) is 43.2 Å². The zero-order chi connectivity index (χ0) is 17.9. The number of Topliss-reactive ketones (excluding diaryl/α,β-unsaturated/α-hetero) is 1. The van der Waals surface area contributed by atoms with Crippen molar-refractivity contribution in [2.75, 3.05) is 12.3 Å². The maximum Gasteiger partial charge on any atom is 0.212 e. The van der Waals surface area contributed by atoms with Crippen LogP contribution in [0.2, 0.25) is 0 Å². The number of sulfonamides is 1. The molecular formula is C18H27N3O3S. The molecule has 7 heteroatoms. The third-order valence-corrected chi connectivity index (χ3v) is 8.46. The SMILES string of the molecule is CC1(C)C2CCC1(CS(=O)(=O)NCCn1ccnc1C1CC1)C(=O)C2. The van der Waals surface area contributed by atoms with E-state index in [-0.39, 0.29) is 17.0 Å². The molecule has 0 saturated heterocycles. The maximum atomic E-state index is 12.7. The fourth-order valence-corrected chi connectivity index (χ4v) is 6.85. The van der Waals surface area contributed by atoms with Gasteiger partial charge >= 0.3 is 0 Å². The first-order chi connectivity index (χ1) is 11.8. The van der Waals surface area contributed by atoms with Crippen LogP contribution < -0.4 is 4.72 Å². The monoisotopic (exact) mass is 365 g/mol. The van der Waals surface area contributed by atoms with Crippen LogP contribution in [0.25, 0.3) is 0 Å². The first-order valence-corrected chi connectivity index (χ1v) is 10.9. The van der Waals surface area contributed by atoms with Gasteiger partial charge in [0.1, 0.15) is 11.6 Å². The van der Waals surface area contributed by atoms with E-state index in [2.05, 4.69) is 23.6 Å². The summed E-state index contributed by atoms with van der Waals surface area (Å²) in [6.45, 7) is 5.06. The number of carbonyl (C=O) groups excluding carboxylic acids is 1. The maximum absolute atomic E-state index is 12.7. The first-order valence-electron chi connectivity index (χ1n) is 9.27. The molecule has 0 aromatic carbocycles. The van der Waals surface area contributed by atoms with Crippen LogP contribution in [0.1, 0.15) is 57.7 Å². The number of rotatable bonds is 7. The number of aromatic nitrogens is 2. The Balaban J connectivity index is 1.40. The van der Waals surface area contributed by atoms with Crippen LogP contribution in [0.5, 0.6) is 0 Å². The van der Waals surface area contributed by atoms with E-state index in [0.717, 1.165) is 12.2 Å². The summed E-state index contributed by atoms with van der Waals surface area (Å²) < 4.78 is 30.1. The number of carbonyl (C=O) groups is 1. The van der Waals surface area contributed by atoms with Gasteiger partial charge in [-0.3, -0.25) is 4.79 Å². The van der Waals surface area contributed by atoms with Crippen LogP contribution in [0.3, 0.4) is 0 Å². The number of fused-ring (bicyclic) bond motifs is 2. The van der Waals surface area contributed by atoms with Gasteiger partial charge in [0.2, 0.25) is 10.0 Å². The second kappa shape index (κ2) is 5.64. The highest BCUT2D eigenvalue weighted by atomic mass is 32.2. The van der Waals surface area contributed by atoms with Gasteiger partial charge in [0.05, 0.1) is 5.75 Å². The van der Waals surface area contributed by atoms with Crippen LogP contribution in [-0.4, -0.2) is 36.0 Å². The minimum Gasteiger partial charge on any atom is -0.333 e. The molecule has 138 valence electrons. The smallest absolute Gasteiger partial charge is 0.212 e. The number of nitrogens with one attached hydrogen (secondary N) is 1. The molecule has 1 N–H and O–H groups in total. The van der Waals surface area contributed by atoms with E-state index < -0.39 is 15.4 Å². The molecule has 0 aliphatic heterocycles. The molecule has 6 nitrogen and oxygen atoms in total. The molecule has 1 heterocycles. The average molecular weight is 365 g/mol. The summed E-state index contributed by atoms with van der Waals surface area (Å²) in [6.07, 6.45) is 8.24. The third kappa shape index (κ3) is 2.76. The Morgan fingerprint density at radius 2 is 2.08 bits per heavy atom. The van der Waals surface area contributed by atoms with Crippen molar-refractivity contribution in [2.45, 2.75) is 58.4 Å². The predicted octanol–water partition coefficient (Wildman–Crippen LogP) is 2.08. The van der Waals surface area contributed by atoms with Gasteiger partial charge in [0.15, 0.2) is 0 Å². The second-order valence-electron chi connectivity index (χ2n) is 8.57. The van der Waals surface area contributed by atoms with Crippen molar-refractivity contribution in [2.24, 2.45) is 16.7 Å². The highest BCUT2D eigenvalue weighted by Crippen LogP contribution is 2.64. The standard InChI is InChI=1S/C18H27N3O3S/c1-17(2)14-5-6-18(17,15(22)11-14)12-25(23,24)20-8-10-21-9-7-19-16(21)13-3-4-13/h7,9,13-14,20H,3-6,8,10-12H2,1-2H3. The molecule has 3 fully saturated rings. The predicted molar refractivity (Wildman–Crippen MR) is 94.6 cm³/mol. The molecule has 0 spiro atoms. The Morgan fingerprint density at radius 3 is 2.68 bits per heavy atom. The quantitative estimate of drug-likeness (QED) is 0.802. The minimum atomic E-state index is -3.49. The van der Waals surface area contributed by atoms with Gasteiger partial charge in [0.25, 0.3) is 0 Å². The minimum absolute atomic E-state index is 0.0677. The molecule has 0 radical (unpaired) electrons. The lowest BCUT2D eigenvalue weighted by Gasteiger charge is -2.36. The molecule has 0 amide bonds. The first kappa shape index (κ1) is 17.2.